The zero-order valence-corrected chi connectivity index (χ0v) is 30.2. The second-order valence-corrected chi connectivity index (χ2v) is 16.4. The number of hydrogen-bond donors (Lipinski definition) is 1. The molecule has 0 radical (unpaired) electrons. The number of piperidine rings is 1. The van der Waals surface area contributed by atoms with Gasteiger partial charge in [-0.3, -0.25) is 9.58 Å². The maximum atomic E-state index is 13.3. The molecule has 0 aliphatic carbocycles. The molecule has 1 unspecified atom stereocenters. The fraction of sp³-hybridized carbons (Fsp3) is 0.528. The Bertz CT molecular complexity index is 1950. The summed E-state index contributed by atoms with van der Waals surface area (Å²) in [4.78, 5) is 4.70. The third-order valence-corrected chi connectivity index (χ3v) is 12.1. The number of halogens is 4. The number of aliphatic hydroxyl groups is 1. The summed E-state index contributed by atoms with van der Waals surface area (Å²) in [5.41, 5.74) is 4.08. The average molecular weight is 749 g/mol. The van der Waals surface area contributed by atoms with Gasteiger partial charge < -0.3 is 19.3 Å². The lowest BCUT2D eigenvalue weighted by molar-refractivity contribution is -0.137. The second-order valence-electron chi connectivity index (χ2n) is 14.0. The van der Waals surface area contributed by atoms with Crippen molar-refractivity contribution in [2.75, 3.05) is 65.3 Å². The van der Waals surface area contributed by atoms with Crippen LogP contribution in [0.5, 0.6) is 0 Å². The average Bonchev–Trinajstić information content (AvgIpc) is 3.65. The molecule has 0 amide bonds. The molecule has 2 aromatic carbocycles. The summed E-state index contributed by atoms with van der Waals surface area (Å²) < 4.78 is 75.5. The Morgan fingerprint density at radius 3 is 2.39 bits per heavy atom. The molecule has 2 fully saturated rings. The summed E-state index contributed by atoms with van der Waals surface area (Å²) >= 11 is 6.44. The largest absolute Gasteiger partial charge is 0.416 e. The van der Waals surface area contributed by atoms with E-state index >= 15 is 0 Å². The van der Waals surface area contributed by atoms with Crippen molar-refractivity contribution >= 4 is 32.5 Å². The van der Waals surface area contributed by atoms with Gasteiger partial charge in [0.2, 0.25) is 10.0 Å². The number of fused-ring (bicyclic) bond motifs is 2. The van der Waals surface area contributed by atoms with Crippen LogP contribution in [0.4, 0.5) is 13.2 Å². The van der Waals surface area contributed by atoms with Crippen molar-refractivity contribution < 1.29 is 31.4 Å². The predicted molar refractivity (Wildman–Crippen MR) is 190 cm³/mol. The van der Waals surface area contributed by atoms with Crippen LogP contribution in [-0.2, 0) is 47.0 Å². The lowest BCUT2D eigenvalue weighted by atomic mass is 9.89. The van der Waals surface area contributed by atoms with Crippen molar-refractivity contribution in [3.63, 3.8) is 0 Å². The van der Waals surface area contributed by atoms with Crippen molar-refractivity contribution in [2.24, 2.45) is 0 Å². The van der Waals surface area contributed by atoms with Gasteiger partial charge in [0.05, 0.1) is 43.4 Å². The van der Waals surface area contributed by atoms with Crippen LogP contribution in [0, 0.1) is 0 Å². The molecule has 3 aliphatic heterocycles. The van der Waals surface area contributed by atoms with Crippen LogP contribution in [0.2, 0.25) is 5.02 Å². The summed E-state index contributed by atoms with van der Waals surface area (Å²) in [6.45, 7) is 7.91. The molecule has 51 heavy (non-hydrogen) atoms. The van der Waals surface area contributed by atoms with E-state index in [9.17, 15) is 26.7 Å². The first-order chi connectivity index (χ1) is 24.3. The minimum absolute atomic E-state index is 0.0734. The van der Waals surface area contributed by atoms with Gasteiger partial charge in [-0.05, 0) is 61.7 Å². The number of aliphatic hydroxyl groups excluding tert-OH is 1. The van der Waals surface area contributed by atoms with Crippen molar-refractivity contribution in [1.82, 2.24) is 28.5 Å². The van der Waals surface area contributed by atoms with E-state index < -0.39 is 27.9 Å². The molecule has 1 atom stereocenters. The number of morpholine rings is 1. The number of hydrogen-bond acceptors (Lipinski definition) is 7. The molecule has 10 nitrogen and oxygen atoms in total. The fourth-order valence-electron chi connectivity index (χ4n) is 7.81. The number of sulfonamides is 1. The van der Waals surface area contributed by atoms with Crippen molar-refractivity contribution in [2.45, 2.75) is 57.1 Å². The number of alkyl halides is 3. The summed E-state index contributed by atoms with van der Waals surface area (Å²) in [6.07, 6.45) is 0.523. The number of β-amino-alcohol motifs (C(OH)–C–C–N with tert-alkyl or cyclic N) is 1. The first kappa shape index (κ1) is 36.4. The molecule has 7 rings (SSSR count). The van der Waals surface area contributed by atoms with Gasteiger partial charge in [0, 0.05) is 91.2 Å². The lowest BCUT2D eigenvalue weighted by Gasteiger charge is -2.33. The van der Waals surface area contributed by atoms with E-state index in [-0.39, 0.29) is 19.6 Å². The van der Waals surface area contributed by atoms with Crippen LogP contribution in [0.1, 0.15) is 41.1 Å². The van der Waals surface area contributed by atoms with Crippen molar-refractivity contribution in [3.05, 3.63) is 76.1 Å². The zero-order chi connectivity index (χ0) is 35.9. The van der Waals surface area contributed by atoms with Crippen molar-refractivity contribution in [3.8, 4) is 11.3 Å². The quantitative estimate of drug-likeness (QED) is 0.242. The van der Waals surface area contributed by atoms with E-state index in [1.54, 1.807) is 4.68 Å². The Kier molecular flexibility index (Phi) is 10.6. The monoisotopic (exact) mass is 748 g/mol. The van der Waals surface area contributed by atoms with E-state index in [0.29, 0.717) is 35.7 Å². The van der Waals surface area contributed by atoms with Crippen LogP contribution in [-0.4, -0.2) is 113 Å². The zero-order valence-electron chi connectivity index (χ0n) is 28.7. The number of nitrogens with zero attached hydrogens (tertiary/aromatic N) is 6. The number of likely N-dealkylation sites (tertiary alicyclic amines) is 1. The third kappa shape index (κ3) is 8.17. The van der Waals surface area contributed by atoms with Gasteiger partial charge in [-0.1, -0.05) is 29.8 Å². The molecule has 2 aromatic heterocycles. The van der Waals surface area contributed by atoms with E-state index in [1.807, 2.05) is 6.07 Å². The van der Waals surface area contributed by atoms with Gasteiger partial charge in [0.15, 0.2) is 0 Å². The van der Waals surface area contributed by atoms with Gasteiger partial charge in [0.1, 0.15) is 0 Å². The summed E-state index contributed by atoms with van der Waals surface area (Å²) in [5, 5.41) is 18.0. The molecular weight excluding hydrogens is 705 g/mol. The van der Waals surface area contributed by atoms with E-state index in [0.717, 1.165) is 99.9 Å². The predicted octanol–water partition coefficient (Wildman–Crippen LogP) is 5.07. The summed E-state index contributed by atoms with van der Waals surface area (Å²) in [6, 6.07) is 10.9. The molecule has 2 saturated heterocycles. The van der Waals surface area contributed by atoms with Gasteiger partial charge >= 0.3 is 6.18 Å². The van der Waals surface area contributed by atoms with E-state index in [1.165, 1.54) is 27.4 Å². The second kappa shape index (κ2) is 14.8. The molecule has 276 valence electrons. The van der Waals surface area contributed by atoms with Gasteiger partial charge in [-0.15, -0.1) is 0 Å². The Hall–Kier alpha value is -2.98. The highest BCUT2D eigenvalue weighted by molar-refractivity contribution is 7.88. The first-order valence-electron chi connectivity index (χ1n) is 17.5. The summed E-state index contributed by atoms with van der Waals surface area (Å²) in [5.74, 6) is 0.383. The first-order valence-corrected chi connectivity index (χ1v) is 19.8. The Balaban J connectivity index is 1.02. The molecule has 15 heteroatoms. The molecule has 5 heterocycles. The molecule has 3 aliphatic rings. The lowest BCUT2D eigenvalue weighted by Crippen LogP contribution is -2.40. The molecule has 4 aromatic rings. The molecule has 0 bridgehead atoms. The van der Waals surface area contributed by atoms with Crippen LogP contribution in [0.3, 0.4) is 0 Å². The summed E-state index contributed by atoms with van der Waals surface area (Å²) in [7, 11) is -3.49. The SMILES string of the molecule is CS(=O)(=O)N1CCc2c(c(-c3ccc(C(F)(F)F)cc3)nn2CC(O)CN2CCC(c3cn(CCN4CCOCC4)c4cc(Cl)ccc34)CC2)C1. The van der Waals surface area contributed by atoms with Gasteiger partial charge in [0.25, 0.3) is 0 Å². The Morgan fingerprint density at radius 2 is 1.71 bits per heavy atom. The highest BCUT2D eigenvalue weighted by atomic mass is 35.5. The topological polar surface area (TPSA) is 96.1 Å². The molecule has 0 saturated carbocycles. The molecular formula is C36H44ClF3N6O4S. The van der Waals surface area contributed by atoms with Crippen LogP contribution >= 0.6 is 11.6 Å². The van der Waals surface area contributed by atoms with E-state index in [4.69, 9.17) is 21.4 Å². The van der Waals surface area contributed by atoms with Crippen LogP contribution in [0.25, 0.3) is 22.2 Å². The number of ether oxygens (including phenoxy) is 1. The minimum Gasteiger partial charge on any atom is -0.390 e. The molecule has 0 spiro atoms. The van der Waals surface area contributed by atoms with Gasteiger partial charge in [-0.25, -0.2) is 8.42 Å². The molecule has 1 N–H and O–H groups in total. The highest BCUT2D eigenvalue weighted by Crippen LogP contribution is 2.37. The normalized spacial score (nSPS) is 19.5. The number of rotatable bonds is 10. The fourth-order valence-corrected chi connectivity index (χ4v) is 8.76. The van der Waals surface area contributed by atoms with Gasteiger partial charge in [-0.2, -0.15) is 22.6 Å². The maximum Gasteiger partial charge on any atom is 0.416 e. The Labute approximate surface area is 301 Å². The number of aromatic nitrogens is 3. The highest BCUT2D eigenvalue weighted by Gasteiger charge is 2.33. The third-order valence-electron chi connectivity index (χ3n) is 10.6. The van der Waals surface area contributed by atoms with E-state index in [2.05, 4.69) is 32.7 Å². The Morgan fingerprint density at radius 1 is 0.980 bits per heavy atom. The minimum atomic E-state index is -4.47. The van der Waals surface area contributed by atoms with Crippen molar-refractivity contribution in [1.29, 1.82) is 0 Å². The van der Waals surface area contributed by atoms with Crippen LogP contribution < -0.4 is 0 Å². The standard InChI is InChI=1S/C36H44ClF3N6O4S/c1-51(48,49)45-13-10-33-32(24-45)35(26-2-4-27(5-3-26)36(38,39)40)41-46(33)22-29(47)21-43-11-8-25(9-12-43)31-23-44(15-14-42-16-18-50-19-17-42)34-20-28(37)6-7-30(31)34/h2-7,20,23,25,29,47H,8-19,21-22,24H2,1H3. The maximum absolute atomic E-state index is 13.3. The smallest absolute Gasteiger partial charge is 0.390 e. The number of benzene rings is 2. The van der Waals surface area contributed by atoms with Crippen LogP contribution in [0.15, 0.2) is 48.7 Å².